The van der Waals surface area contributed by atoms with E-state index in [0.29, 0.717) is 11.4 Å². The average molecular weight is 376 g/mol. The van der Waals surface area contributed by atoms with Gasteiger partial charge in [-0.1, -0.05) is 35.9 Å². The fourth-order valence-electron chi connectivity index (χ4n) is 2.39. The Morgan fingerprint density at radius 3 is 2.52 bits per heavy atom. The Kier molecular flexibility index (Phi) is 5.01. The highest BCUT2D eigenvalue weighted by molar-refractivity contribution is 8.18. The van der Waals surface area contributed by atoms with Crippen molar-refractivity contribution in [3.8, 4) is 11.5 Å². The van der Waals surface area contributed by atoms with E-state index >= 15 is 0 Å². The van der Waals surface area contributed by atoms with Gasteiger partial charge in [0, 0.05) is 17.1 Å². The van der Waals surface area contributed by atoms with Crippen LogP contribution in [0.3, 0.4) is 0 Å². The van der Waals surface area contributed by atoms with Gasteiger partial charge in [0.15, 0.2) is 11.5 Å². The summed E-state index contributed by atoms with van der Waals surface area (Å²) in [5.74, 6) is -1.02. The van der Waals surface area contributed by atoms with Gasteiger partial charge < -0.3 is 10.2 Å². The van der Waals surface area contributed by atoms with Crippen LogP contribution in [0.5, 0.6) is 11.5 Å². The molecule has 0 unspecified atom stereocenters. The first-order valence-electron chi connectivity index (χ1n) is 7.46. The van der Waals surface area contributed by atoms with Gasteiger partial charge in [-0.15, -0.1) is 0 Å². The number of nitrogens with zero attached hydrogens (tertiary/aromatic N) is 1. The van der Waals surface area contributed by atoms with Crippen LogP contribution in [-0.2, 0) is 11.2 Å². The quantitative estimate of drug-likeness (QED) is 0.623. The number of hydrogen-bond acceptors (Lipinski definition) is 5. The second-order valence-electron chi connectivity index (χ2n) is 5.42. The molecule has 3 rings (SSSR count). The highest BCUT2D eigenvalue weighted by Crippen LogP contribution is 2.36. The van der Waals surface area contributed by atoms with E-state index in [-0.39, 0.29) is 33.8 Å². The molecule has 2 aromatic carbocycles. The van der Waals surface area contributed by atoms with Gasteiger partial charge in [0.1, 0.15) is 0 Å². The van der Waals surface area contributed by atoms with E-state index < -0.39 is 5.91 Å². The van der Waals surface area contributed by atoms with Gasteiger partial charge in [0.2, 0.25) is 0 Å². The van der Waals surface area contributed by atoms with Crippen LogP contribution in [0.4, 0.5) is 4.79 Å². The minimum Gasteiger partial charge on any atom is -0.504 e. The molecule has 1 fully saturated rings. The van der Waals surface area contributed by atoms with Crippen LogP contribution in [0.15, 0.2) is 47.4 Å². The maximum Gasteiger partial charge on any atom is 0.293 e. The molecular weight excluding hydrogens is 362 g/mol. The van der Waals surface area contributed by atoms with Gasteiger partial charge in [-0.25, -0.2) is 0 Å². The Labute approximate surface area is 153 Å². The Bertz CT molecular complexity index is 864. The molecule has 0 spiro atoms. The Balaban J connectivity index is 1.74. The molecule has 1 heterocycles. The number of para-hydroxylation sites is 1. The van der Waals surface area contributed by atoms with Crippen LogP contribution in [0.1, 0.15) is 11.1 Å². The summed E-state index contributed by atoms with van der Waals surface area (Å²) < 4.78 is 0. The summed E-state index contributed by atoms with van der Waals surface area (Å²) in [5, 5.41) is 19.6. The van der Waals surface area contributed by atoms with Crippen LogP contribution in [0.25, 0.3) is 6.08 Å². The monoisotopic (exact) mass is 375 g/mol. The average Bonchev–Trinajstić information content (AvgIpc) is 2.85. The maximum absolute atomic E-state index is 12.4. The number of rotatable bonds is 4. The third-order valence-electron chi connectivity index (χ3n) is 3.74. The standard InChI is InChI=1S/C18H14ClNO4S/c19-13-6-4-11(5-7-13)8-9-20-17(23)15(25-18(20)24)10-12-2-1-3-14(21)16(12)22/h1-7,10,21-22H,8-9H2. The van der Waals surface area contributed by atoms with E-state index in [1.54, 1.807) is 24.3 Å². The molecule has 0 aromatic heterocycles. The summed E-state index contributed by atoms with van der Waals surface area (Å²) in [6, 6.07) is 11.7. The van der Waals surface area contributed by atoms with Crippen molar-refractivity contribution >= 4 is 40.6 Å². The van der Waals surface area contributed by atoms with Crippen molar-refractivity contribution in [2.45, 2.75) is 6.42 Å². The smallest absolute Gasteiger partial charge is 0.293 e. The van der Waals surface area contributed by atoms with E-state index in [4.69, 9.17) is 11.6 Å². The zero-order chi connectivity index (χ0) is 18.0. The number of thioether (sulfide) groups is 1. The topological polar surface area (TPSA) is 77.8 Å². The number of halogens is 1. The molecule has 128 valence electrons. The number of aromatic hydroxyl groups is 2. The maximum atomic E-state index is 12.4. The van der Waals surface area contributed by atoms with E-state index in [2.05, 4.69) is 0 Å². The summed E-state index contributed by atoms with van der Waals surface area (Å²) in [4.78, 5) is 25.9. The molecule has 1 aliphatic heterocycles. The number of phenolic OH excluding ortho intramolecular Hbond substituents is 2. The molecule has 2 amide bonds. The van der Waals surface area contributed by atoms with Crippen LogP contribution in [0.2, 0.25) is 5.02 Å². The van der Waals surface area contributed by atoms with Crippen molar-refractivity contribution in [1.82, 2.24) is 4.90 Å². The van der Waals surface area contributed by atoms with Gasteiger partial charge in [-0.3, -0.25) is 14.5 Å². The van der Waals surface area contributed by atoms with E-state index in [9.17, 15) is 19.8 Å². The van der Waals surface area contributed by atoms with Crippen LogP contribution in [0, 0.1) is 0 Å². The Hall–Kier alpha value is -2.44. The minimum atomic E-state index is -0.410. The minimum absolute atomic E-state index is 0.210. The van der Waals surface area contributed by atoms with Crippen molar-refractivity contribution in [2.24, 2.45) is 0 Å². The highest BCUT2D eigenvalue weighted by Gasteiger charge is 2.34. The van der Waals surface area contributed by atoms with Crippen LogP contribution < -0.4 is 0 Å². The lowest BCUT2D eigenvalue weighted by Crippen LogP contribution is -2.30. The third-order valence-corrected chi connectivity index (χ3v) is 4.90. The molecule has 0 radical (unpaired) electrons. The summed E-state index contributed by atoms with van der Waals surface area (Å²) in [6.45, 7) is 0.260. The van der Waals surface area contributed by atoms with Crippen molar-refractivity contribution in [1.29, 1.82) is 0 Å². The molecule has 2 aromatic rings. The summed E-state index contributed by atoms with van der Waals surface area (Å²) in [7, 11) is 0. The first-order chi connectivity index (χ1) is 12.0. The van der Waals surface area contributed by atoms with Crippen molar-refractivity contribution in [2.75, 3.05) is 6.54 Å². The summed E-state index contributed by atoms with van der Waals surface area (Å²) >= 11 is 6.65. The molecule has 1 aliphatic rings. The first-order valence-corrected chi connectivity index (χ1v) is 8.66. The number of benzene rings is 2. The number of hydrogen-bond donors (Lipinski definition) is 2. The molecule has 0 aliphatic carbocycles. The fraction of sp³-hybridized carbons (Fsp3) is 0.111. The predicted octanol–water partition coefficient (Wildman–Crippen LogP) is 4.03. The lowest BCUT2D eigenvalue weighted by atomic mass is 10.1. The van der Waals surface area contributed by atoms with Gasteiger partial charge in [0.25, 0.3) is 11.1 Å². The van der Waals surface area contributed by atoms with Crippen LogP contribution >= 0.6 is 23.4 Å². The molecule has 25 heavy (non-hydrogen) atoms. The molecule has 0 bridgehead atoms. The number of carbonyl (C=O) groups excluding carboxylic acids is 2. The molecule has 2 N–H and O–H groups in total. The lowest BCUT2D eigenvalue weighted by Gasteiger charge is -2.12. The molecule has 7 heteroatoms. The zero-order valence-corrected chi connectivity index (χ0v) is 14.5. The number of phenols is 2. The second kappa shape index (κ2) is 7.21. The Morgan fingerprint density at radius 1 is 1.08 bits per heavy atom. The van der Waals surface area contributed by atoms with Crippen molar-refractivity contribution in [3.05, 3.63) is 63.5 Å². The zero-order valence-electron chi connectivity index (χ0n) is 13.0. The van der Waals surface area contributed by atoms with Crippen molar-refractivity contribution < 1.29 is 19.8 Å². The lowest BCUT2D eigenvalue weighted by molar-refractivity contribution is -0.122. The largest absolute Gasteiger partial charge is 0.504 e. The molecule has 1 saturated heterocycles. The van der Waals surface area contributed by atoms with Gasteiger partial charge >= 0.3 is 0 Å². The third kappa shape index (κ3) is 3.81. The van der Waals surface area contributed by atoms with Crippen molar-refractivity contribution in [3.63, 3.8) is 0 Å². The summed E-state index contributed by atoms with van der Waals surface area (Å²) in [6.07, 6.45) is 1.93. The van der Waals surface area contributed by atoms with Crippen LogP contribution in [-0.4, -0.2) is 32.8 Å². The molecule has 0 atom stereocenters. The normalized spacial score (nSPS) is 16.0. The molecule has 5 nitrogen and oxygen atoms in total. The number of imide groups is 1. The van der Waals surface area contributed by atoms with Gasteiger partial charge in [-0.2, -0.15) is 0 Å². The van der Waals surface area contributed by atoms with E-state index in [1.165, 1.54) is 17.0 Å². The highest BCUT2D eigenvalue weighted by atomic mass is 35.5. The molecule has 0 saturated carbocycles. The van der Waals surface area contributed by atoms with E-state index in [1.807, 2.05) is 12.1 Å². The SMILES string of the molecule is O=C1SC(=Cc2cccc(O)c2O)C(=O)N1CCc1ccc(Cl)cc1. The second-order valence-corrected chi connectivity index (χ2v) is 6.85. The fourth-order valence-corrected chi connectivity index (χ4v) is 3.37. The van der Waals surface area contributed by atoms with E-state index in [0.717, 1.165) is 17.3 Å². The number of carbonyl (C=O) groups is 2. The molecular formula is C18H14ClNO4S. The van der Waals surface area contributed by atoms with Gasteiger partial charge in [-0.05, 0) is 48.0 Å². The Morgan fingerprint density at radius 2 is 1.80 bits per heavy atom. The summed E-state index contributed by atoms with van der Waals surface area (Å²) in [5.41, 5.74) is 1.25. The predicted molar refractivity (Wildman–Crippen MR) is 97.6 cm³/mol. The number of amides is 2. The van der Waals surface area contributed by atoms with Gasteiger partial charge in [0.05, 0.1) is 4.91 Å². The first kappa shape index (κ1) is 17.4.